The van der Waals surface area contributed by atoms with Gasteiger partial charge in [-0.3, -0.25) is 13.9 Å². The molecule has 0 aliphatic rings. The topological polar surface area (TPSA) is 86.8 Å². The van der Waals surface area contributed by atoms with Gasteiger partial charge in [0, 0.05) is 18.6 Å². The third-order valence-corrected chi connectivity index (χ3v) is 8.56. The fourth-order valence-corrected chi connectivity index (χ4v) is 5.75. The van der Waals surface area contributed by atoms with Crippen molar-refractivity contribution in [3.8, 4) is 0 Å². The van der Waals surface area contributed by atoms with Gasteiger partial charge < -0.3 is 10.2 Å². The molecule has 0 fully saturated rings. The van der Waals surface area contributed by atoms with E-state index in [1.54, 1.807) is 49.4 Å². The summed E-state index contributed by atoms with van der Waals surface area (Å²) < 4.78 is 28.5. The number of anilines is 1. The predicted molar refractivity (Wildman–Crippen MR) is 148 cm³/mol. The second kappa shape index (κ2) is 12.2. The fourth-order valence-electron chi connectivity index (χ4n) is 3.66. The first-order valence-electron chi connectivity index (χ1n) is 11.2. The van der Waals surface area contributed by atoms with Crippen LogP contribution >= 0.6 is 34.8 Å². The quantitative estimate of drug-likeness (QED) is 0.370. The third kappa shape index (κ3) is 6.76. The number of halogens is 3. The zero-order chi connectivity index (χ0) is 27.3. The van der Waals surface area contributed by atoms with Gasteiger partial charge in [0.25, 0.3) is 10.0 Å². The van der Waals surface area contributed by atoms with E-state index in [9.17, 15) is 18.0 Å². The van der Waals surface area contributed by atoms with Crippen LogP contribution in [0.25, 0.3) is 0 Å². The summed E-state index contributed by atoms with van der Waals surface area (Å²) in [7, 11) is -2.79. The van der Waals surface area contributed by atoms with Gasteiger partial charge in [-0.05, 0) is 55.8 Å². The monoisotopic (exact) mass is 581 g/mol. The Hall–Kier alpha value is -2.78. The van der Waals surface area contributed by atoms with Crippen molar-refractivity contribution < 1.29 is 18.0 Å². The van der Waals surface area contributed by atoms with Crippen LogP contribution in [0.3, 0.4) is 0 Å². The molecule has 0 aromatic heterocycles. The van der Waals surface area contributed by atoms with Gasteiger partial charge in [-0.2, -0.15) is 0 Å². The molecule has 0 saturated heterocycles. The Kier molecular flexibility index (Phi) is 9.47. The maximum Gasteiger partial charge on any atom is 0.264 e. The summed E-state index contributed by atoms with van der Waals surface area (Å²) in [5, 5.41) is 3.11. The van der Waals surface area contributed by atoms with Gasteiger partial charge in [0.05, 0.1) is 20.6 Å². The average Bonchev–Trinajstić information content (AvgIpc) is 2.87. The van der Waals surface area contributed by atoms with E-state index in [0.29, 0.717) is 10.6 Å². The molecular formula is C26H26Cl3N3O4S. The molecule has 3 aromatic rings. The molecule has 0 aliphatic heterocycles. The van der Waals surface area contributed by atoms with Gasteiger partial charge in [-0.15, -0.1) is 0 Å². The number of hydrogen-bond donors (Lipinski definition) is 1. The smallest absolute Gasteiger partial charge is 0.264 e. The molecule has 196 valence electrons. The van der Waals surface area contributed by atoms with E-state index in [1.807, 2.05) is 6.92 Å². The Morgan fingerprint density at radius 3 is 2.24 bits per heavy atom. The van der Waals surface area contributed by atoms with Crippen LogP contribution < -0.4 is 9.62 Å². The van der Waals surface area contributed by atoms with Crippen LogP contribution in [-0.4, -0.2) is 44.8 Å². The molecule has 7 nitrogen and oxygen atoms in total. The summed E-state index contributed by atoms with van der Waals surface area (Å²) in [6.45, 7) is 2.79. The van der Waals surface area contributed by atoms with Crippen LogP contribution in [0.4, 0.5) is 5.69 Å². The van der Waals surface area contributed by atoms with Gasteiger partial charge in [0.2, 0.25) is 11.8 Å². The number of nitrogens with one attached hydrogen (secondary N) is 1. The fraction of sp³-hybridized carbons (Fsp3) is 0.231. The van der Waals surface area contributed by atoms with Crippen LogP contribution in [0.5, 0.6) is 0 Å². The Morgan fingerprint density at radius 2 is 1.62 bits per heavy atom. The van der Waals surface area contributed by atoms with Crippen molar-refractivity contribution in [2.75, 3.05) is 17.9 Å². The average molecular weight is 583 g/mol. The van der Waals surface area contributed by atoms with Crippen LogP contribution in [0, 0.1) is 6.92 Å². The van der Waals surface area contributed by atoms with E-state index in [0.717, 1.165) is 9.87 Å². The number of benzene rings is 3. The largest absolute Gasteiger partial charge is 0.357 e. The third-order valence-electron chi connectivity index (χ3n) is 5.74. The lowest BCUT2D eigenvalue weighted by molar-refractivity contribution is -0.139. The van der Waals surface area contributed by atoms with Crippen molar-refractivity contribution in [3.63, 3.8) is 0 Å². The van der Waals surface area contributed by atoms with Crippen molar-refractivity contribution in [2.45, 2.75) is 31.3 Å². The lowest BCUT2D eigenvalue weighted by Gasteiger charge is -2.32. The highest BCUT2D eigenvalue weighted by molar-refractivity contribution is 7.92. The number of rotatable bonds is 9. The van der Waals surface area contributed by atoms with E-state index in [4.69, 9.17) is 34.8 Å². The standard InChI is InChI=1S/C26H26Cl3N3O4S/c1-17-10-12-21(13-11-17)37(35,36)32(23-9-5-8-22(28)25(23)29)16-24(33)31(18(2)26(34)30-3)15-19-6-4-7-20(27)14-19/h4-14,18H,15-16H2,1-3H3,(H,30,34)/t18-/m0/s1. The maximum atomic E-state index is 13.8. The number of sulfonamides is 1. The molecule has 11 heteroatoms. The molecule has 37 heavy (non-hydrogen) atoms. The van der Waals surface area contributed by atoms with Gasteiger partial charge in [0.15, 0.2) is 0 Å². The van der Waals surface area contributed by atoms with Gasteiger partial charge >= 0.3 is 0 Å². The summed E-state index contributed by atoms with van der Waals surface area (Å²) >= 11 is 18.7. The molecule has 0 bridgehead atoms. The number of carbonyl (C=O) groups excluding carboxylic acids is 2. The lowest BCUT2D eigenvalue weighted by Crippen LogP contribution is -2.50. The Balaban J connectivity index is 2.08. The van der Waals surface area contributed by atoms with Crippen LogP contribution in [-0.2, 0) is 26.2 Å². The normalized spacial score (nSPS) is 12.1. The SMILES string of the molecule is CNC(=O)[C@H](C)N(Cc1cccc(Cl)c1)C(=O)CN(c1cccc(Cl)c1Cl)S(=O)(=O)c1ccc(C)cc1. The zero-order valence-electron chi connectivity index (χ0n) is 20.4. The number of hydrogen-bond acceptors (Lipinski definition) is 4. The number of amides is 2. The molecule has 0 unspecified atom stereocenters. The number of aryl methyl sites for hydroxylation is 1. The molecule has 1 atom stereocenters. The summed E-state index contributed by atoms with van der Waals surface area (Å²) in [5.41, 5.74) is 1.58. The summed E-state index contributed by atoms with van der Waals surface area (Å²) in [5.74, 6) is -1.04. The number of carbonyl (C=O) groups is 2. The van der Waals surface area contributed by atoms with E-state index in [-0.39, 0.29) is 27.2 Å². The highest BCUT2D eigenvalue weighted by atomic mass is 35.5. The first-order chi connectivity index (χ1) is 17.4. The second-order valence-corrected chi connectivity index (χ2v) is 11.4. The Labute approximate surface area is 232 Å². The van der Waals surface area contributed by atoms with E-state index in [1.165, 1.54) is 36.2 Å². The van der Waals surface area contributed by atoms with Crippen LogP contribution in [0.1, 0.15) is 18.1 Å². The first kappa shape index (κ1) is 28.8. The van der Waals surface area contributed by atoms with Crippen molar-refractivity contribution in [1.29, 1.82) is 0 Å². The number of likely N-dealkylation sites (N-methyl/N-ethyl adjacent to an activating group) is 1. The highest BCUT2D eigenvalue weighted by Gasteiger charge is 2.33. The highest BCUT2D eigenvalue weighted by Crippen LogP contribution is 2.35. The first-order valence-corrected chi connectivity index (χ1v) is 13.8. The summed E-state index contributed by atoms with van der Waals surface area (Å²) in [4.78, 5) is 27.5. The lowest BCUT2D eigenvalue weighted by atomic mass is 10.1. The minimum Gasteiger partial charge on any atom is -0.357 e. The van der Waals surface area contributed by atoms with Crippen molar-refractivity contribution in [3.05, 3.63) is 92.9 Å². The van der Waals surface area contributed by atoms with Crippen LogP contribution in [0.2, 0.25) is 15.1 Å². The maximum absolute atomic E-state index is 13.8. The van der Waals surface area contributed by atoms with E-state index < -0.39 is 34.4 Å². The predicted octanol–water partition coefficient (Wildman–Crippen LogP) is 5.31. The van der Waals surface area contributed by atoms with E-state index >= 15 is 0 Å². The molecule has 0 radical (unpaired) electrons. The molecule has 0 aliphatic carbocycles. The molecule has 0 saturated carbocycles. The molecule has 3 rings (SSSR count). The molecule has 0 spiro atoms. The van der Waals surface area contributed by atoms with Crippen molar-refractivity contribution in [2.24, 2.45) is 0 Å². The molecule has 1 N–H and O–H groups in total. The zero-order valence-corrected chi connectivity index (χ0v) is 23.5. The summed E-state index contributed by atoms with van der Waals surface area (Å²) in [6, 6.07) is 16.7. The molecule has 0 heterocycles. The molecular weight excluding hydrogens is 557 g/mol. The second-order valence-electron chi connectivity index (χ2n) is 8.34. The van der Waals surface area contributed by atoms with Gasteiger partial charge in [-0.1, -0.05) is 70.7 Å². The molecule has 3 aromatic carbocycles. The van der Waals surface area contributed by atoms with Gasteiger partial charge in [0.1, 0.15) is 12.6 Å². The van der Waals surface area contributed by atoms with Crippen LogP contribution in [0.15, 0.2) is 71.6 Å². The Morgan fingerprint density at radius 1 is 0.973 bits per heavy atom. The molecule has 2 amide bonds. The van der Waals surface area contributed by atoms with E-state index in [2.05, 4.69) is 5.32 Å². The Bertz CT molecular complexity index is 1400. The minimum absolute atomic E-state index is 0.0200. The van der Waals surface area contributed by atoms with Gasteiger partial charge in [-0.25, -0.2) is 8.42 Å². The van der Waals surface area contributed by atoms with Crippen molar-refractivity contribution in [1.82, 2.24) is 10.2 Å². The summed E-state index contributed by atoms with van der Waals surface area (Å²) in [6.07, 6.45) is 0. The minimum atomic E-state index is -4.25. The van der Waals surface area contributed by atoms with Crippen molar-refractivity contribution >= 4 is 62.3 Å². The number of nitrogens with zero attached hydrogens (tertiary/aromatic N) is 2.